The summed E-state index contributed by atoms with van der Waals surface area (Å²) < 4.78 is 32.2. The molecule has 2 fully saturated rings. The van der Waals surface area contributed by atoms with E-state index in [1.165, 1.54) is 12.1 Å². The molecule has 2 aliphatic heterocycles. The lowest BCUT2D eigenvalue weighted by Gasteiger charge is -2.28. The van der Waals surface area contributed by atoms with E-state index in [4.69, 9.17) is 10.6 Å². The third-order valence-corrected chi connectivity index (χ3v) is 4.26. The van der Waals surface area contributed by atoms with Gasteiger partial charge in [0.1, 0.15) is 11.6 Å². The molecule has 5 heteroatoms. The van der Waals surface area contributed by atoms with Crippen LogP contribution in [-0.2, 0) is 11.2 Å². The Morgan fingerprint density at radius 1 is 1.26 bits per heavy atom. The largest absolute Gasteiger partial charge is 0.375 e. The summed E-state index contributed by atoms with van der Waals surface area (Å²) in [7, 11) is 0. The van der Waals surface area contributed by atoms with Crippen LogP contribution in [0.5, 0.6) is 0 Å². The van der Waals surface area contributed by atoms with Gasteiger partial charge in [-0.25, -0.2) is 8.78 Å². The molecule has 0 spiro atoms. The van der Waals surface area contributed by atoms with Gasteiger partial charge in [0, 0.05) is 18.0 Å². The van der Waals surface area contributed by atoms with Gasteiger partial charge in [-0.3, -0.25) is 11.3 Å². The predicted octanol–water partition coefficient (Wildman–Crippen LogP) is 1.91. The van der Waals surface area contributed by atoms with E-state index < -0.39 is 11.6 Å². The van der Waals surface area contributed by atoms with E-state index in [2.05, 4.69) is 5.43 Å². The van der Waals surface area contributed by atoms with Crippen LogP contribution in [0.1, 0.15) is 24.8 Å². The van der Waals surface area contributed by atoms with E-state index in [1.54, 1.807) is 0 Å². The minimum Gasteiger partial charge on any atom is -0.375 e. The average molecular weight is 268 g/mol. The number of nitrogens with two attached hydrogens (primary N) is 1. The lowest BCUT2D eigenvalue weighted by atomic mass is 9.82. The maximum atomic E-state index is 13.2. The summed E-state index contributed by atoms with van der Waals surface area (Å²) in [6.07, 6.45) is 4.26. The Balaban J connectivity index is 1.72. The number of hydrazine groups is 1. The van der Waals surface area contributed by atoms with Crippen LogP contribution in [0.4, 0.5) is 8.78 Å². The van der Waals surface area contributed by atoms with Gasteiger partial charge in [-0.05, 0) is 43.4 Å². The minimum absolute atomic E-state index is 0.00324. The Morgan fingerprint density at radius 3 is 2.53 bits per heavy atom. The summed E-state index contributed by atoms with van der Waals surface area (Å²) >= 11 is 0. The number of fused-ring (bicyclic) bond motifs is 2. The highest BCUT2D eigenvalue weighted by atomic mass is 19.1. The van der Waals surface area contributed by atoms with Crippen LogP contribution < -0.4 is 11.3 Å². The first-order valence-electron chi connectivity index (χ1n) is 6.72. The van der Waals surface area contributed by atoms with Gasteiger partial charge in [0.25, 0.3) is 0 Å². The summed E-state index contributed by atoms with van der Waals surface area (Å²) in [5, 5.41) is 0. The summed E-state index contributed by atoms with van der Waals surface area (Å²) in [5.41, 5.74) is 3.42. The Morgan fingerprint density at radius 2 is 2.00 bits per heavy atom. The van der Waals surface area contributed by atoms with Gasteiger partial charge in [0.05, 0.1) is 12.2 Å². The Kier molecular flexibility index (Phi) is 3.52. The van der Waals surface area contributed by atoms with Crippen molar-refractivity contribution in [1.82, 2.24) is 5.43 Å². The Hall–Kier alpha value is -1.04. The van der Waals surface area contributed by atoms with Crippen LogP contribution in [0.2, 0.25) is 0 Å². The summed E-state index contributed by atoms with van der Waals surface area (Å²) in [5.74, 6) is 4.85. The highest BCUT2D eigenvalue weighted by Crippen LogP contribution is 2.40. The summed E-state index contributed by atoms with van der Waals surface area (Å²) in [6.45, 7) is 0. The van der Waals surface area contributed by atoms with Crippen LogP contribution >= 0.6 is 0 Å². The zero-order valence-electron chi connectivity index (χ0n) is 10.6. The second kappa shape index (κ2) is 5.15. The molecule has 4 atom stereocenters. The molecule has 0 aromatic heterocycles. The standard InChI is InChI=1S/C14H18F2N2O/c15-9-3-8(4-10(16)6-9)5-13(18-17)12-7-11-1-2-14(12)19-11/h3-4,6,11-14,18H,1-2,5,7,17H2. The molecular formula is C14H18F2N2O. The van der Waals surface area contributed by atoms with Gasteiger partial charge >= 0.3 is 0 Å². The minimum atomic E-state index is -0.546. The highest BCUT2D eigenvalue weighted by molar-refractivity contribution is 5.19. The van der Waals surface area contributed by atoms with Crippen molar-refractivity contribution in [3.05, 3.63) is 35.4 Å². The molecule has 19 heavy (non-hydrogen) atoms. The molecule has 4 unspecified atom stereocenters. The Bertz CT molecular complexity index is 449. The molecule has 2 heterocycles. The fourth-order valence-electron chi connectivity index (χ4n) is 3.42. The van der Waals surface area contributed by atoms with E-state index in [9.17, 15) is 8.78 Å². The first kappa shape index (κ1) is 13.0. The molecule has 0 aliphatic carbocycles. The third-order valence-electron chi connectivity index (χ3n) is 4.26. The van der Waals surface area contributed by atoms with Crippen LogP contribution in [0, 0.1) is 17.6 Å². The van der Waals surface area contributed by atoms with Crippen molar-refractivity contribution in [2.45, 2.75) is 43.9 Å². The van der Waals surface area contributed by atoms with Crippen LogP contribution in [0.3, 0.4) is 0 Å². The fraction of sp³-hybridized carbons (Fsp3) is 0.571. The first-order valence-corrected chi connectivity index (χ1v) is 6.72. The summed E-state index contributed by atoms with van der Waals surface area (Å²) in [4.78, 5) is 0. The molecule has 1 aromatic carbocycles. The zero-order chi connectivity index (χ0) is 13.4. The molecule has 0 amide bonds. The number of hydrogen-bond donors (Lipinski definition) is 2. The van der Waals surface area contributed by atoms with E-state index in [-0.39, 0.29) is 12.1 Å². The highest BCUT2D eigenvalue weighted by Gasteiger charge is 2.44. The van der Waals surface area contributed by atoms with E-state index in [0.717, 1.165) is 25.3 Å². The van der Waals surface area contributed by atoms with Crippen LogP contribution in [0.15, 0.2) is 18.2 Å². The van der Waals surface area contributed by atoms with Gasteiger partial charge in [0.2, 0.25) is 0 Å². The smallest absolute Gasteiger partial charge is 0.126 e. The van der Waals surface area contributed by atoms with Gasteiger partial charge < -0.3 is 4.74 Å². The van der Waals surface area contributed by atoms with E-state index >= 15 is 0 Å². The third kappa shape index (κ3) is 2.63. The number of rotatable bonds is 4. The molecule has 1 aromatic rings. The van der Waals surface area contributed by atoms with Gasteiger partial charge in [-0.2, -0.15) is 0 Å². The molecule has 104 valence electrons. The van der Waals surface area contributed by atoms with Crippen molar-refractivity contribution in [2.75, 3.05) is 0 Å². The number of nitrogens with one attached hydrogen (secondary N) is 1. The van der Waals surface area contributed by atoms with Crippen LogP contribution in [0.25, 0.3) is 0 Å². The first-order chi connectivity index (χ1) is 9.15. The van der Waals surface area contributed by atoms with Crippen LogP contribution in [-0.4, -0.2) is 18.2 Å². The predicted molar refractivity (Wildman–Crippen MR) is 67.2 cm³/mol. The number of halogens is 2. The second-order valence-corrected chi connectivity index (χ2v) is 5.53. The topological polar surface area (TPSA) is 47.3 Å². The monoisotopic (exact) mass is 268 g/mol. The molecular weight excluding hydrogens is 250 g/mol. The number of ether oxygens (including phenoxy) is 1. The second-order valence-electron chi connectivity index (χ2n) is 5.53. The molecule has 3 rings (SSSR count). The van der Waals surface area contributed by atoms with Crippen molar-refractivity contribution >= 4 is 0 Å². The van der Waals surface area contributed by atoms with E-state index in [0.29, 0.717) is 24.0 Å². The fourth-order valence-corrected chi connectivity index (χ4v) is 3.42. The molecule has 3 nitrogen and oxygen atoms in total. The Labute approximate surface area is 111 Å². The normalized spacial score (nSPS) is 30.8. The molecule has 2 aliphatic rings. The lowest BCUT2D eigenvalue weighted by Crippen LogP contribution is -2.45. The molecule has 0 radical (unpaired) electrons. The van der Waals surface area contributed by atoms with Gasteiger partial charge in [-0.15, -0.1) is 0 Å². The molecule has 2 bridgehead atoms. The molecule has 2 saturated heterocycles. The molecule has 0 saturated carbocycles. The van der Waals surface area contributed by atoms with Crippen molar-refractivity contribution in [1.29, 1.82) is 0 Å². The number of benzene rings is 1. The SMILES string of the molecule is NNC(Cc1cc(F)cc(F)c1)C1CC2CCC1O2. The van der Waals surface area contributed by atoms with Crippen molar-refractivity contribution in [3.63, 3.8) is 0 Å². The lowest BCUT2D eigenvalue weighted by molar-refractivity contribution is 0.0857. The maximum absolute atomic E-state index is 13.2. The zero-order valence-corrected chi connectivity index (χ0v) is 10.6. The maximum Gasteiger partial charge on any atom is 0.126 e. The van der Waals surface area contributed by atoms with Gasteiger partial charge in [0.15, 0.2) is 0 Å². The van der Waals surface area contributed by atoms with Crippen molar-refractivity contribution < 1.29 is 13.5 Å². The molecule has 3 N–H and O–H groups in total. The van der Waals surface area contributed by atoms with Crippen molar-refractivity contribution in [2.24, 2.45) is 11.8 Å². The quantitative estimate of drug-likeness (QED) is 0.648. The number of hydrogen-bond acceptors (Lipinski definition) is 3. The van der Waals surface area contributed by atoms with Crippen molar-refractivity contribution in [3.8, 4) is 0 Å². The van der Waals surface area contributed by atoms with E-state index in [1.807, 2.05) is 0 Å². The van der Waals surface area contributed by atoms with Gasteiger partial charge in [-0.1, -0.05) is 0 Å². The average Bonchev–Trinajstić information content (AvgIpc) is 2.96. The summed E-state index contributed by atoms with van der Waals surface area (Å²) in [6, 6.07) is 3.61.